The Labute approximate surface area is 149 Å². The standard InChI is InChI=1S/C18H15Cl2NO3/c1-11-8-12-4-2-3-5-16(12)21(11)17(22)10-24-18(23)14-7-6-13(19)9-15(14)20/h2-7,9,11H,8,10H2,1H3/t11-/m0/s1. The van der Waals surface area contributed by atoms with Crippen LogP contribution < -0.4 is 4.90 Å². The Bertz CT molecular complexity index is 807. The van der Waals surface area contributed by atoms with E-state index in [1.54, 1.807) is 11.0 Å². The van der Waals surface area contributed by atoms with Gasteiger partial charge in [0.25, 0.3) is 5.91 Å². The van der Waals surface area contributed by atoms with Crippen LogP contribution in [0.5, 0.6) is 0 Å². The van der Waals surface area contributed by atoms with Crippen molar-refractivity contribution in [3.8, 4) is 0 Å². The maximum absolute atomic E-state index is 12.5. The van der Waals surface area contributed by atoms with E-state index in [9.17, 15) is 9.59 Å². The minimum Gasteiger partial charge on any atom is -0.452 e. The number of carbonyl (C=O) groups excluding carboxylic acids is 2. The van der Waals surface area contributed by atoms with Crippen LogP contribution in [0.15, 0.2) is 42.5 Å². The van der Waals surface area contributed by atoms with Crippen LogP contribution in [-0.4, -0.2) is 24.5 Å². The third-order valence-electron chi connectivity index (χ3n) is 3.95. The van der Waals surface area contributed by atoms with Gasteiger partial charge in [-0.15, -0.1) is 0 Å². The Morgan fingerprint density at radius 3 is 2.71 bits per heavy atom. The lowest BCUT2D eigenvalue weighted by Gasteiger charge is -2.22. The first-order valence-electron chi connectivity index (χ1n) is 7.49. The molecule has 1 aliphatic rings. The molecule has 2 aromatic carbocycles. The predicted molar refractivity (Wildman–Crippen MR) is 93.8 cm³/mol. The molecule has 2 aromatic rings. The molecule has 0 spiro atoms. The van der Waals surface area contributed by atoms with Crippen molar-refractivity contribution in [2.45, 2.75) is 19.4 Å². The number of hydrogen-bond acceptors (Lipinski definition) is 3. The first-order valence-corrected chi connectivity index (χ1v) is 8.25. The van der Waals surface area contributed by atoms with Gasteiger partial charge in [0, 0.05) is 16.8 Å². The highest BCUT2D eigenvalue weighted by Crippen LogP contribution is 2.31. The van der Waals surface area contributed by atoms with Crippen molar-refractivity contribution in [3.05, 3.63) is 63.6 Å². The minimum atomic E-state index is -0.648. The number of halogens is 2. The van der Waals surface area contributed by atoms with Gasteiger partial charge in [0.2, 0.25) is 0 Å². The number of benzene rings is 2. The Morgan fingerprint density at radius 1 is 1.21 bits per heavy atom. The lowest BCUT2D eigenvalue weighted by atomic mass is 10.1. The summed E-state index contributed by atoms with van der Waals surface area (Å²) in [6, 6.07) is 12.2. The monoisotopic (exact) mass is 363 g/mol. The van der Waals surface area contributed by atoms with Gasteiger partial charge in [0.05, 0.1) is 10.6 Å². The fraction of sp³-hybridized carbons (Fsp3) is 0.222. The van der Waals surface area contributed by atoms with Crippen molar-refractivity contribution < 1.29 is 14.3 Å². The van der Waals surface area contributed by atoms with Gasteiger partial charge in [-0.1, -0.05) is 41.4 Å². The molecule has 6 heteroatoms. The zero-order chi connectivity index (χ0) is 17.3. The summed E-state index contributed by atoms with van der Waals surface area (Å²) in [5, 5.41) is 0.620. The second kappa shape index (κ2) is 6.83. The number of anilines is 1. The Balaban J connectivity index is 1.69. The number of nitrogens with zero attached hydrogens (tertiary/aromatic N) is 1. The molecule has 0 bridgehead atoms. The van der Waals surface area contributed by atoms with Crippen molar-refractivity contribution in [3.63, 3.8) is 0 Å². The molecule has 1 heterocycles. The number of amides is 1. The highest BCUT2D eigenvalue weighted by atomic mass is 35.5. The zero-order valence-corrected chi connectivity index (χ0v) is 14.5. The van der Waals surface area contributed by atoms with E-state index in [4.69, 9.17) is 27.9 Å². The maximum Gasteiger partial charge on any atom is 0.340 e. The van der Waals surface area contributed by atoms with Crippen LogP contribution >= 0.6 is 23.2 Å². The summed E-state index contributed by atoms with van der Waals surface area (Å²) in [6.07, 6.45) is 0.791. The molecule has 3 rings (SSSR count). The molecule has 124 valence electrons. The number of hydrogen-bond donors (Lipinski definition) is 0. The maximum atomic E-state index is 12.5. The first kappa shape index (κ1) is 16.8. The quantitative estimate of drug-likeness (QED) is 0.770. The fourth-order valence-corrected chi connectivity index (χ4v) is 3.36. The third kappa shape index (κ3) is 3.25. The molecule has 0 aromatic heterocycles. The normalized spacial score (nSPS) is 16.0. The molecule has 0 saturated carbocycles. The van der Waals surface area contributed by atoms with E-state index in [1.165, 1.54) is 12.1 Å². The van der Waals surface area contributed by atoms with E-state index in [0.717, 1.165) is 17.7 Å². The van der Waals surface area contributed by atoms with Gasteiger partial charge in [0.15, 0.2) is 6.61 Å². The van der Waals surface area contributed by atoms with Crippen molar-refractivity contribution in [2.75, 3.05) is 11.5 Å². The molecule has 4 nitrogen and oxygen atoms in total. The summed E-state index contributed by atoms with van der Waals surface area (Å²) in [6.45, 7) is 1.63. The van der Waals surface area contributed by atoms with E-state index in [0.29, 0.717) is 5.02 Å². The van der Waals surface area contributed by atoms with Crippen LogP contribution in [0.3, 0.4) is 0 Å². The molecule has 1 aliphatic heterocycles. The van der Waals surface area contributed by atoms with E-state index in [2.05, 4.69) is 0 Å². The summed E-state index contributed by atoms with van der Waals surface area (Å²) < 4.78 is 5.13. The van der Waals surface area contributed by atoms with Gasteiger partial charge < -0.3 is 9.64 Å². The fourth-order valence-electron chi connectivity index (χ4n) is 2.88. The minimum absolute atomic E-state index is 0.0349. The second-order valence-electron chi connectivity index (χ2n) is 5.65. The number of ether oxygens (including phenoxy) is 1. The SMILES string of the molecule is C[C@H]1Cc2ccccc2N1C(=O)COC(=O)c1ccc(Cl)cc1Cl. The molecule has 0 saturated heterocycles. The van der Waals surface area contributed by atoms with Gasteiger partial charge in [-0.3, -0.25) is 4.79 Å². The van der Waals surface area contributed by atoms with Crippen molar-refractivity contribution in [1.82, 2.24) is 0 Å². The number of carbonyl (C=O) groups is 2. The second-order valence-corrected chi connectivity index (χ2v) is 6.49. The number of para-hydroxylation sites is 1. The Morgan fingerprint density at radius 2 is 1.96 bits per heavy atom. The highest BCUT2D eigenvalue weighted by molar-refractivity contribution is 6.36. The zero-order valence-electron chi connectivity index (χ0n) is 13.0. The Kier molecular flexibility index (Phi) is 4.78. The molecule has 0 N–H and O–H groups in total. The highest BCUT2D eigenvalue weighted by Gasteiger charge is 2.31. The van der Waals surface area contributed by atoms with Gasteiger partial charge in [-0.2, -0.15) is 0 Å². The van der Waals surface area contributed by atoms with Crippen LogP contribution in [-0.2, 0) is 16.0 Å². The van der Waals surface area contributed by atoms with Gasteiger partial charge in [0.1, 0.15) is 0 Å². The van der Waals surface area contributed by atoms with Crippen LogP contribution in [0.2, 0.25) is 10.0 Å². The first-order chi connectivity index (χ1) is 11.5. The van der Waals surface area contributed by atoms with Gasteiger partial charge in [-0.05, 0) is 43.2 Å². The predicted octanol–water partition coefficient (Wildman–Crippen LogP) is 4.13. The summed E-state index contributed by atoms with van der Waals surface area (Å²) in [5.41, 5.74) is 2.17. The summed E-state index contributed by atoms with van der Waals surface area (Å²) in [5.74, 6) is -0.906. The molecular formula is C18H15Cl2NO3. The third-order valence-corrected chi connectivity index (χ3v) is 4.50. The van der Waals surface area contributed by atoms with Crippen LogP contribution in [0.25, 0.3) is 0 Å². The van der Waals surface area contributed by atoms with Crippen LogP contribution in [0.1, 0.15) is 22.8 Å². The largest absolute Gasteiger partial charge is 0.452 e. The van der Waals surface area contributed by atoms with E-state index < -0.39 is 5.97 Å². The van der Waals surface area contributed by atoms with Crippen LogP contribution in [0.4, 0.5) is 5.69 Å². The topological polar surface area (TPSA) is 46.6 Å². The Hall–Kier alpha value is -2.04. The summed E-state index contributed by atoms with van der Waals surface area (Å²) in [4.78, 5) is 26.3. The number of rotatable bonds is 3. The smallest absolute Gasteiger partial charge is 0.340 e. The lowest BCUT2D eigenvalue weighted by molar-refractivity contribution is -0.122. The number of fused-ring (bicyclic) bond motifs is 1. The lowest BCUT2D eigenvalue weighted by Crippen LogP contribution is -2.38. The van der Waals surface area contributed by atoms with Gasteiger partial charge in [-0.25, -0.2) is 4.79 Å². The number of esters is 1. The molecule has 1 atom stereocenters. The molecule has 24 heavy (non-hydrogen) atoms. The summed E-state index contributed by atoms with van der Waals surface area (Å²) in [7, 11) is 0. The molecule has 0 unspecified atom stereocenters. The molecule has 1 amide bonds. The van der Waals surface area contributed by atoms with Gasteiger partial charge >= 0.3 is 5.97 Å². The summed E-state index contributed by atoms with van der Waals surface area (Å²) >= 11 is 11.8. The molecular weight excluding hydrogens is 349 g/mol. The van der Waals surface area contributed by atoms with Crippen molar-refractivity contribution in [1.29, 1.82) is 0 Å². The van der Waals surface area contributed by atoms with Crippen molar-refractivity contribution >= 4 is 40.8 Å². The van der Waals surface area contributed by atoms with Crippen LogP contribution in [0, 0.1) is 0 Å². The average Bonchev–Trinajstić information content (AvgIpc) is 2.88. The molecule has 0 fully saturated rings. The van der Waals surface area contributed by atoms with E-state index in [1.807, 2.05) is 31.2 Å². The molecule has 0 radical (unpaired) electrons. The van der Waals surface area contributed by atoms with E-state index in [-0.39, 0.29) is 29.1 Å². The molecule has 0 aliphatic carbocycles. The average molecular weight is 364 g/mol. The van der Waals surface area contributed by atoms with E-state index >= 15 is 0 Å². The van der Waals surface area contributed by atoms with Crippen molar-refractivity contribution in [2.24, 2.45) is 0 Å².